The molecule has 0 aromatic heterocycles. The molecule has 0 amide bonds. The normalized spacial score (nSPS) is 11.0. The van der Waals surface area contributed by atoms with Crippen LogP contribution in [0, 0.1) is 0 Å². The molecule has 5 nitrogen and oxygen atoms in total. The first kappa shape index (κ1) is 15.9. The fraction of sp³-hybridized carbons (Fsp3) is 0.400. The van der Waals surface area contributed by atoms with Crippen molar-refractivity contribution in [2.75, 3.05) is 26.8 Å². The Morgan fingerprint density at radius 2 is 2.15 bits per heavy atom. The van der Waals surface area contributed by atoms with Crippen LogP contribution < -0.4 is 20.5 Å². The Labute approximate surface area is 120 Å². The predicted octanol–water partition coefficient (Wildman–Crippen LogP) is 1.94. The van der Waals surface area contributed by atoms with Crippen molar-refractivity contribution in [3.05, 3.63) is 36.4 Å². The summed E-state index contributed by atoms with van der Waals surface area (Å²) in [6, 6.07) is 7.54. The number of rotatable bonds is 8. The number of hydrogen-bond donors (Lipinski definition) is 2. The molecule has 0 heterocycles. The minimum absolute atomic E-state index is 0.439. The molecule has 0 saturated carbocycles. The molecule has 0 radical (unpaired) electrons. The van der Waals surface area contributed by atoms with Crippen LogP contribution in [0.4, 0.5) is 0 Å². The largest absolute Gasteiger partial charge is 0.497 e. The Morgan fingerprint density at radius 1 is 1.40 bits per heavy atom. The molecule has 0 aliphatic heterocycles. The summed E-state index contributed by atoms with van der Waals surface area (Å²) in [5.41, 5.74) is 6.68. The van der Waals surface area contributed by atoms with Crippen LogP contribution in [0.5, 0.6) is 11.5 Å². The molecule has 0 spiro atoms. The fourth-order valence-electron chi connectivity index (χ4n) is 1.45. The molecule has 0 bridgehead atoms. The zero-order chi connectivity index (χ0) is 14.8. The lowest BCUT2D eigenvalue weighted by molar-refractivity contribution is 0.308. The van der Waals surface area contributed by atoms with Crippen molar-refractivity contribution < 1.29 is 9.47 Å². The zero-order valence-corrected chi connectivity index (χ0v) is 12.2. The summed E-state index contributed by atoms with van der Waals surface area (Å²) < 4.78 is 10.7. The number of guanidine groups is 1. The fourth-order valence-corrected chi connectivity index (χ4v) is 1.45. The maximum atomic E-state index is 5.69. The number of aliphatic imine (C=N–C) groups is 1. The summed E-state index contributed by atoms with van der Waals surface area (Å²) >= 11 is 0. The Balaban J connectivity index is 2.18. The third-order valence-electron chi connectivity index (χ3n) is 2.46. The van der Waals surface area contributed by atoms with Gasteiger partial charge < -0.3 is 20.5 Å². The zero-order valence-electron chi connectivity index (χ0n) is 12.2. The lowest BCUT2D eigenvalue weighted by Crippen LogP contribution is -2.33. The summed E-state index contributed by atoms with van der Waals surface area (Å²) in [6.45, 7) is 7.56. The maximum absolute atomic E-state index is 5.69. The van der Waals surface area contributed by atoms with Crippen LogP contribution in [-0.4, -0.2) is 32.8 Å². The van der Waals surface area contributed by atoms with Gasteiger partial charge in [-0.15, -0.1) is 0 Å². The maximum Gasteiger partial charge on any atom is 0.188 e. The average molecular weight is 277 g/mol. The molecule has 1 aromatic rings. The second-order valence-corrected chi connectivity index (χ2v) is 4.47. The Hall–Kier alpha value is -2.17. The van der Waals surface area contributed by atoms with Crippen molar-refractivity contribution in [1.29, 1.82) is 0 Å². The van der Waals surface area contributed by atoms with Gasteiger partial charge in [-0.3, -0.25) is 0 Å². The third-order valence-corrected chi connectivity index (χ3v) is 2.46. The van der Waals surface area contributed by atoms with Crippen LogP contribution >= 0.6 is 0 Å². The van der Waals surface area contributed by atoms with E-state index in [1.54, 1.807) is 7.11 Å². The SMILES string of the molecule is C=C(C)CN=C(N)NCCCOc1cccc(OC)c1. The van der Waals surface area contributed by atoms with Crippen molar-refractivity contribution in [2.24, 2.45) is 10.7 Å². The first-order valence-corrected chi connectivity index (χ1v) is 6.57. The van der Waals surface area contributed by atoms with E-state index in [0.29, 0.717) is 19.1 Å². The molecule has 1 aromatic carbocycles. The van der Waals surface area contributed by atoms with Gasteiger partial charge >= 0.3 is 0 Å². The first-order valence-electron chi connectivity index (χ1n) is 6.57. The molecule has 0 saturated heterocycles. The molecule has 0 atom stereocenters. The summed E-state index contributed by atoms with van der Waals surface area (Å²) in [5, 5.41) is 3.03. The molecule has 0 aliphatic carbocycles. The second-order valence-electron chi connectivity index (χ2n) is 4.47. The van der Waals surface area contributed by atoms with Crippen molar-refractivity contribution in [3.63, 3.8) is 0 Å². The molecule has 0 fully saturated rings. The smallest absolute Gasteiger partial charge is 0.188 e. The van der Waals surface area contributed by atoms with Gasteiger partial charge in [0.2, 0.25) is 0 Å². The van der Waals surface area contributed by atoms with Gasteiger partial charge in [0.05, 0.1) is 20.3 Å². The molecule has 5 heteroatoms. The monoisotopic (exact) mass is 277 g/mol. The summed E-state index contributed by atoms with van der Waals surface area (Å²) in [6.07, 6.45) is 0.834. The highest BCUT2D eigenvalue weighted by molar-refractivity contribution is 5.77. The first-order chi connectivity index (χ1) is 9.61. The summed E-state index contributed by atoms with van der Waals surface area (Å²) in [7, 11) is 1.64. The second kappa shape index (κ2) is 8.85. The van der Waals surface area contributed by atoms with Gasteiger partial charge in [0.15, 0.2) is 5.96 Å². The van der Waals surface area contributed by atoms with Crippen LogP contribution in [0.25, 0.3) is 0 Å². The van der Waals surface area contributed by atoms with Gasteiger partial charge in [-0.25, -0.2) is 4.99 Å². The number of nitrogens with two attached hydrogens (primary N) is 1. The van der Waals surface area contributed by atoms with Crippen LogP contribution in [-0.2, 0) is 0 Å². The number of nitrogens with one attached hydrogen (secondary N) is 1. The van der Waals surface area contributed by atoms with Crippen molar-refractivity contribution in [2.45, 2.75) is 13.3 Å². The van der Waals surface area contributed by atoms with Gasteiger partial charge in [-0.1, -0.05) is 18.2 Å². The topological polar surface area (TPSA) is 68.9 Å². The van der Waals surface area contributed by atoms with E-state index in [4.69, 9.17) is 15.2 Å². The van der Waals surface area contributed by atoms with Crippen LogP contribution in [0.3, 0.4) is 0 Å². The highest BCUT2D eigenvalue weighted by Crippen LogP contribution is 2.18. The van der Waals surface area contributed by atoms with E-state index in [-0.39, 0.29) is 0 Å². The summed E-state index contributed by atoms with van der Waals surface area (Å²) in [4.78, 5) is 4.13. The third kappa shape index (κ3) is 6.68. The quantitative estimate of drug-likeness (QED) is 0.330. The molecule has 3 N–H and O–H groups in total. The van der Waals surface area contributed by atoms with Gasteiger partial charge in [0, 0.05) is 12.6 Å². The number of benzene rings is 1. The van der Waals surface area contributed by atoms with Crippen LogP contribution in [0.2, 0.25) is 0 Å². The van der Waals surface area contributed by atoms with E-state index in [2.05, 4.69) is 16.9 Å². The lowest BCUT2D eigenvalue weighted by Gasteiger charge is -2.08. The van der Waals surface area contributed by atoms with Crippen molar-refractivity contribution in [3.8, 4) is 11.5 Å². The van der Waals surface area contributed by atoms with E-state index in [0.717, 1.165) is 30.0 Å². The molecular formula is C15H23N3O2. The van der Waals surface area contributed by atoms with Crippen molar-refractivity contribution in [1.82, 2.24) is 5.32 Å². The number of hydrogen-bond acceptors (Lipinski definition) is 3. The van der Waals surface area contributed by atoms with Crippen molar-refractivity contribution >= 4 is 5.96 Å². The number of methoxy groups -OCH3 is 1. The van der Waals surface area contributed by atoms with Gasteiger partial charge in [0.25, 0.3) is 0 Å². The molecule has 1 rings (SSSR count). The highest BCUT2D eigenvalue weighted by Gasteiger charge is 1.97. The highest BCUT2D eigenvalue weighted by atomic mass is 16.5. The molecule has 20 heavy (non-hydrogen) atoms. The van der Waals surface area contributed by atoms with E-state index >= 15 is 0 Å². The predicted molar refractivity (Wildman–Crippen MR) is 82.4 cm³/mol. The minimum atomic E-state index is 0.439. The molecule has 0 aliphatic rings. The molecule has 110 valence electrons. The van der Waals surface area contributed by atoms with E-state index < -0.39 is 0 Å². The van der Waals surface area contributed by atoms with Gasteiger partial charge in [-0.05, 0) is 25.5 Å². The number of ether oxygens (including phenoxy) is 2. The summed E-state index contributed by atoms with van der Waals surface area (Å²) in [5.74, 6) is 2.03. The minimum Gasteiger partial charge on any atom is -0.497 e. The van der Waals surface area contributed by atoms with E-state index in [9.17, 15) is 0 Å². The average Bonchev–Trinajstić information content (AvgIpc) is 2.45. The Kier molecular flexibility index (Phi) is 7.03. The standard InChI is InChI=1S/C15H23N3O2/c1-12(2)11-18-15(16)17-8-5-9-20-14-7-4-6-13(10-14)19-3/h4,6-7,10H,1,5,8-9,11H2,2-3H3,(H3,16,17,18). The van der Waals surface area contributed by atoms with Crippen LogP contribution in [0.15, 0.2) is 41.4 Å². The van der Waals surface area contributed by atoms with E-state index in [1.807, 2.05) is 31.2 Å². The van der Waals surface area contributed by atoms with E-state index in [1.165, 1.54) is 0 Å². The Bertz CT molecular complexity index is 458. The Morgan fingerprint density at radius 3 is 2.85 bits per heavy atom. The van der Waals surface area contributed by atoms with Crippen LogP contribution in [0.1, 0.15) is 13.3 Å². The lowest BCUT2D eigenvalue weighted by atomic mass is 10.3. The van der Waals surface area contributed by atoms with Gasteiger partial charge in [-0.2, -0.15) is 0 Å². The number of nitrogens with zero attached hydrogens (tertiary/aromatic N) is 1. The molecule has 0 unspecified atom stereocenters. The van der Waals surface area contributed by atoms with Gasteiger partial charge in [0.1, 0.15) is 11.5 Å². The molecular weight excluding hydrogens is 254 g/mol.